The van der Waals surface area contributed by atoms with Crippen LogP contribution in [-0.2, 0) is 6.42 Å². The Bertz CT molecular complexity index is 823. The first kappa shape index (κ1) is 19.9. The van der Waals surface area contributed by atoms with Gasteiger partial charge in [0.05, 0.1) is 38.8 Å². The van der Waals surface area contributed by atoms with E-state index in [4.69, 9.17) is 18.7 Å². The number of carbonyl (C=O) groups is 1. The van der Waals surface area contributed by atoms with E-state index in [-0.39, 0.29) is 12.1 Å². The highest BCUT2D eigenvalue weighted by molar-refractivity contribution is 5.90. The molecule has 1 fully saturated rings. The van der Waals surface area contributed by atoms with E-state index in [1.54, 1.807) is 33.5 Å². The highest BCUT2D eigenvalue weighted by Gasteiger charge is 2.34. The average molecular weight is 389 g/mol. The minimum absolute atomic E-state index is 0.0387. The zero-order valence-electron chi connectivity index (χ0n) is 17.0. The molecule has 8 heteroatoms. The van der Waals surface area contributed by atoms with Gasteiger partial charge in [0.2, 0.25) is 5.75 Å². The van der Waals surface area contributed by atoms with E-state index in [1.807, 2.05) is 18.7 Å². The van der Waals surface area contributed by atoms with Gasteiger partial charge in [0.15, 0.2) is 11.5 Å². The lowest BCUT2D eigenvalue weighted by Gasteiger charge is -2.25. The van der Waals surface area contributed by atoms with Crippen molar-refractivity contribution >= 4 is 11.7 Å². The number of nitrogens with one attached hydrogen (secondary N) is 1. The summed E-state index contributed by atoms with van der Waals surface area (Å²) >= 11 is 0. The molecule has 1 saturated heterocycles. The molecule has 1 aliphatic rings. The van der Waals surface area contributed by atoms with Crippen molar-refractivity contribution < 1.29 is 23.5 Å². The van der Waals surface area contributed by atoms with Gasteiger partial charge in [0.1, 0.15) is 5.76 Å². The van der Waals surface area contributed by atoms with Crippen molar-refractivity contribution in [2.24, 2.45) is 0 Å². The molecular formula is C20H27N3O5. The summed E-state index contributed by atoms with van der Waals surface area (Å²) in [4.78, 5) is 14.9. The molecule has 0 unspecified atom stereocenters. The molecule has 0 aliphatic carbocycles. The molecular weight excluding hydrogens is 362 g/mol. The zero-order valence-corrected chi connectivity index (χ0v) is 17.0. The standard InChI is InChI=1S/C20H27N3O5/c1-6-15-18(12(2)22-28-15)14-8-7-9-23(14)20(24)21-13-10-16(25-3)19(27-5)17(11-13)26-4/h10-11,14H,6-9H2,1-5H3,(H,21,24)/t14-/m0/s1. The first-order chi connectivity index (χ1) is 13.5. The lowest BCUT2D eigenvalue weighted by Crippen LogP contribution is -2.34. The lowest BCUT2D eigenvalue weighted by molar-refractivity contribution is 0.206. The number of aryl methyl sites for hydroxylation is 2. The predicted octanol–water partition coefficient (Wildman–Crippen LogP) is 3.94. The Kier molecular flexibility index (Phi) is 5.96. The van der Waals surface area contributed by atoms with E-state index in [9.17, 15) is 4.79 Å². The molecule has 28 heavy (non-hydrogen) atoms. The molecule has 2 aromatic rings. The van der Waals surface area contributed by atoms with Gasteiger partial charge < -0.3 is 29.0 Å². The van der Waals surface area contributed by atoms with Gasteiger partial charge in [-0.05, 0) is 19.8 Å². The van der Waals surface area contributed by atoms with Crippen molar-refractivity contribution in [1.82, 2.24) is 10.1 Å². The van der Waals surface area contributed by atoms with Gasteiger partial charge in [-0.2, -0.15) is 0 Å². The molecule has 2 amide bonds. The van der Waals surface area contributed by atoms with Gasteiger partial charge in [-0.25, -0.2) is 4.79 Å². The quantitative estimate of drug-likeness (QED) is 0.805. The van der Waals surface area contributed by atoms with Crippen molar-refractivity contribution in [3.05, 3.63) is 29.2 Å². The van der Waals surface area contributed by atoms with Gasteiger partial charge in [0.25, 0.3) is 0 Å². The normalized spacial score (nSPS) is 16.2. The van der Waals surface area contributed by atoms with Gasteiger partial charge in [-0.15, -0.1) is 0 Å². The van der Waals surface area contributed by atoms with Crippen LogP contribution in [0.3, 0.4) is 0 Å². The van der Waals surface area contributed by atoms with Crippen molar-refractivity contribution in [3.8, 4) is 17.2 Å². The van der Waals surface area contributed by atoms with Gasteiger partial charge in [-0.1, -0.05) is 12.1 Å². The van der Waals surface area contributed by atoms with E-state index < -0.39 is 0 Å². The molecule has 0 spiro atoms. The van der Waals surface area contributed by atoms with Crippen molar-refractivity contribution in [2.75, 3.05) is 33.2 Å². The van der Waals surface area contributed by atoms with Crippen LogP contribution in [0.15, 0.2) is 16.7 Å². The molecule has 0 saturated carbocycles. The van der Waals surface area contributed by atoms with Crippen molar-refractivity contribution in [2.45, 2.75) is 39.2 Å². The summed E-state index contributed by atoms with van der Waals surface area (Å²) in [7, 11) is 4.63. The van der Waals surface area contributed by atoms with Crippen LogP contribution >= 0.6 is 0 Å². The Morgan fingerprint density at radius 1 is 1.25 bits per heavy atom. The fraction of sp³-hybridized carbons (Fsp3) is 0.500. The number of hydrogen-bond acceptors (Lipinski definition) is 6. The maximum atomic E-state index is 13.0. The average Bonchev–Trinajstić information content (AvgIpc) is 3.32. The third-order valence-electron chi connectivity index (χ3n) is 5.07. The SMILES string of the molecule is CCc1onc(C)c1[C@@H]1CCCN1C(=O)Nc1cc(OC)c(OC)c(OC)c1. The van der Waals surface area contributed by atoms with Gasteiger partial charge >= 0.3 is 6.03 Å². The predicted molar refractivity (Wildman–Crippen MR) is 104 cm³/mol. The van der Waals surface area contributed by atoms with Crippen LogP contribution in [0.2, 0.25) is 0 Å². The molecule has 8 nitrogen and oxygen atoms in total. The molecule has 152 valence electrons. The van der Waals surface area contributed by atoms with E-state index in [0.717, 1.165) is 36.3 Å². The number of ether oxygens (including phenoxy) is 3. The summed E-state index contributed by atoms with van der Waals surface area (Å²) in [5, 5.41) is 7.05. The highest BCUT2D eigenvalue weighted by Crippen LogP contribution is 2.41. The van der Waals surface area contributed by atoms with E-state index in [0.29, 0.717) is 29.5 Å². The minimum Gasteiger partial charge on any atom is -0.493 e. The Labute approximate surface area is 164 Å². The van der Waals surface area contributed by atoms with E-state index >= 15 is 0 Å². The number of urea groups is 1. The van der Waals surface area contributed by atoms with Crippen LogP contribution in [0, 0.1) is 6.92 Å². The number of anilines is 1. The summed E-state index contributed by atoms with van der Waals surface area (Å²) < 4.78 is 21.5. The number of hydrogen-bond donors (Lipinski definition) is 1. The summed E-state index contributed by atoms with van der Waals surface area (Å²) in [5.41, 5.74) is 2.44. The second kappa shape index (κ2) is 8.41. The summed E-state index contributed by atoms with van der Waals surface area (Å²) in [6.45, 7) is 4.62. The smallest absolute Gasteiger partial charge is 0.322 e. The first-order valence-electron chi connectivity index (χ1n) is 9.36. The molecule has 2 heterocycles. The Balaban J connectivity index is 1.85. The molecule has 3 rings (SSSR count). The number of nitrogens with zero attached hydrogens (tertiary/aromatic N) is 2. The number of aromatic nitrogens is 1. The second-order valence-corrected chi connectivity index (χ2v) is 6.65. The number of rotatable bonds is 6. The first-order valence-corrected chi connectivity index (χ1v) is 9.36. The number of likely N-dealkylation sites (tertiary alicyclic amines) is 1. The van der Waals surface area contributed by atoms with Crippen molar-refractivity contribution in [1.29, 1.82) is 0 Å². The third kappa shape index (κ3) is 3.58. The molecule has 1 aromatic carbocycles. The van der Waals surface area contributed by atoms with Crippen LogP contribution in [0.5, 0.6) is 17.2 Å². The molecule has 1 atom stereocenters. The van der Waals surface area contributed by atoms with Crippen LogP contribution in [0.1, 0.15) is 42.8 Å². The summed E-state index contributed by atoms with van der Waals surface area (Å²) in [6.07, 6.45) is 2.56. The number of carbonyl (C=O) groups excluding carboxylic acids is 1. The number of benzene rings is 1. The number of methoxy groups -OCH3 is 3. The van der Waals surface area contributed by atoms with E-state index in [2.05, 4.69) is 10.5 Å². The zero-order chi connectivity index (χ0) is 20.3. The van der Waals surface area contributed by atoms with Gasteiger partial charge in [-0.3, -0.25) is 0 Å². The van der Waals surface area contributed by atoms with Crippen LogP contribution in [0.4, 0.5) is 10.5 Å². The van der Waals surface area contributed by atoms with Crippen LogP contribution < -0.4 is 19.5 Å². The van der Waals surface area contributed by atoms with E-state index in [1.165, 1.54) is 0 Å². The molecule has 1 N–H and O–H groups in total. The molecule has 1 aliphatic heterocycles. The fourth-order valence-corrected chi connectivity index (χ4v) is 3.76. The Morgan fingerprint density at radius 2 is 1.93 bits per heavy atom. The lowest BCUT2D eigenvalue weighted by atomic mass is 10.0. The van der Waals surface area contributed by atoms with Crippen LogP contribution in [-0.4, -0.2) is 44.0 Å². The Hall–Kier alpha value is -2.90. The monoisotopic (exact) mass is 389 g/mol. The maximum absolute atomic E-state index is 13.0. The summed E-state index contributed by atoms with van der Waals surface area (Å²) in [5.74, 6) is 2.29. The minimum atomic E-state index is -0.181. The number of amides is 2. The largest absolute Gasteiger partial charge is 0.493 e. The molecule has 0 bridgehead atoms. The maximum Gasteiger partial charge on any atom is 0.322 e. The third-order valence-corrected chi connectivity index (χ3v) is 5.07. The highest BCUT2D eigenvalue weighted by atomic mass is 16.5. The molecule has 0 radical (unpaired) electrons. The second-order valence-electron chi connectivity index (χ2n) is 6.65. The van der Waals surface area contributed by atoms with Gasteiger partial charge in [0, 0.05) is 30.7 Å². The van der Waals surface area contributed by atoms with Crippen molar-refractivity contribution in [3.63, 3.8) is 0 Å². The topological polar surface area (TPSA) is 86.1 Å². The van der Waals surface area contributed by atoms with Crippen LogP contribution in [0.25, 0.3) is 0 Å². The molecule has 1 aromatic heterocycles. The Morgan fingerprint density at radius 3 is 2.50 bits per heavy atom. The summed E-state index contributed by atoms with van der Waals surface area (Å²) in [6, 6.07) is 3.21. The fourth-order valence-electron chi connectivity index (χ4n) is 3.76.